The van der Waals surface area contributed by atoms with Crippen LogP contribution in [0.5, 0.6) is 0 Å². The Bertz CT molecular complexity index is 841. The van der Waals surface area contributed by atoms with Crippen LogP contribution in [0.15, 0.2) is 54.6 Å². The van der Waals surface area contributed by atoms with Crippen LogP contribution >= 0.6 is 0 Å². The molecule has 5 nitrogen and oxygen atoms in total. The molecule has 0 bridgehead atoms. The molecule has 3 rings (SSSR count). The largest absolute Gasteiger partial charge is 0.462 e. The maximum absolute atomic E-state index is 15.2. The molecule has 2 aliphatic rings. The summed E-state index contributed by atoms with van der Waals surface area (Å²) in [6.07, 6.45) is 9.20. The Morgan fingerprint density at radius 3 is 2.75 bits per heavy atom. The number of rotatable bonds is 12. The molecule has 1 saturated carbocycles. The van der Waals surface area contributed by atoms with E-state index in [9.17, 15) is 4.79 Å². The van der Waals surface area contributed by atoms with Crippen LogP contribution in [0, 0.1) is 11.8 Å². The molecule has 200 valence electrons. The van der Waals surface area contributed by atoms with E-state index in [1.165, 1.54) is 6.08 Å². The SMILES string of the molecule is CCCCC(F)(F)[C@@H](/C=C/[C@@H]1C2C/C=C\CCCC(=O)OC2C[C@H]1OOCC)OCc1ccccc1. The number of carbonyl (C=O) groups is 1. The molecule has 1 aliphatic carbocycles. The van der Waals surface area contributed by atoms with Crippen LogP contribution in [0.1, 0.15) is 70.8 Å². The fourth-order valence-electron chi connectivity index (χ4n) is 4.88. The molecule has 1 aliphatic heterocycles. The van der Waals surface area contributed by atoms with Gasteiger partial charge in [0, 0.05) is 31.1 Å². The third-order valence-electron chi connectivity index (χ3n) is 6.85. The molecular weight excluding hydrogens is 466 g/mol. The van der Waals surface area contributed by atoms with Gasteiger partial charge >= 0.3 is 5.97 Å². The molecule has 0 saturated heterocycles. The molecule has 0 aromatic heterocycles. The Morgan fingerprint density at radius 1 is 1.19 bits per heavy atom. The second-order valence-corrected chi connectivity index (χ2v) is 9.61. The highest BCUT2D eigenvalue weighted by molar-refractivity contribution is 5.69. The highest BCUT2D eigenvalue weighted by atomic mass is 19.3. The number of alkyl halides is 2. The lowest BCUT2D eigenvalue weighted by molar-refractivity contribution is -0.326. The van der Waals surface area contributed by atoms with Crippen LogP contribution in [-0.2, 0) is 30.7 Å². The summed E-state index contributed by atoms with van der Waals surface area (Å²) in [6.45, 7) is 4.17. The van der Waals surface area contributed by atoms with E-state index in [1.807, 2.05) is 44.2 Å². The van der Waals surface area contributed by atoms with Crippen molar-refractivity contribution >= 4 is 5.97 Å². The molecule has 0 N–H and O–H groups in total. The fourth-order valence-corrected chi connectivity index (χ4v) is 4.88. The smallest absolute Gasteiger partial charge is 0.306 e. The molecule has 7 heteroatoms. The normalized spacial score (nSPS) is 26.9. The third kappa shape index (κ3) is 8.49. The number of esters is 1. The average molecular weight is 507 g/mol. The van der Waals surface area contributed by atoms with Gasteiger partial charge in [0.05, 0.1) is 13.2 Å². The van der Waals surface area contributed by atoms with Gasteiger partial charge in [0.1, 0.15) is 18.3 Å². The van der Waals surface area contributed by atoms with Crippen molar-refractivity contribution in [3.63, 3.8) is 0 Å². The van der Waals surface area contributed by atoms with Gasteiger partial charge in [0.15, 0.2) is 0 Å². The summed E-state index contributed by atoms with van der Waals surface area (Å²) in [5.41, 5.74) is 0.838. The monoisotopic (exact) mass is 506 g/mol. The van der Waals surface area contributed by atoms with Crippen molar-refractivity contribution in [3.05, 3.63) is 60.2 Å². The summed E-state index contributed by atoms with van der Waals surface area (Å²) in [6, 6.07) is 9.33. The van der Waals surface area contributed by atoms with Gasteiger partial charge in [-0.1, -0.05) is 68.0 Å². The second kappa shape index (κ2) is 14.6. The first-order valence-corrected chi connectivity index (χ1v) is 13.3. The van der Waals surface area contributed by atoms with Crippen molar-refractivity contribution in [1.29, 1.82) is 0 Å². The Balaban J connectivity index is 1.84. The maximum atomic E-state index is 15.2. The van der Waals surface area contributed by atoms with Crippen molar-refractivity contribution in [1.82, 2.24) is 0 Å². The lowest BCUT2D eigenvalue weighted by atomic mass is 9.89. The summed E-state index contributed by atoms with van der Waals surface area (Å²) >= 11 is 0. The summed E-state index contributed by atoms with van der Waals surface area (Å²) < 4.78 is 42.1. The van der Waals surface area contributed by atoms with Crippen molar-refractivity contribution in [3.8, 4) is 0 Å². The molecule has 0 amide bonds. The number of hydrogen-bond donors (Lipinski definition) is 0. The first-order chi connectivity index (χ1) is 17.4. The van der Waals surface area contributed by atoms with Crippen LogP contribution < -0.4 is 0 Å². The quantitative estimate of drug-likeness (QED) is 0.133. The number of halogens is 2. The molecule has 1 aromatic carbocycles. The number of unbranched alkanes of at least 4 members (excludes halogenated alkanes) is 1. The van der Waals surface area contributed by atoms with Gasteiger partial charge in [-0.3, -0.25) is 4.79 Å². The molecule has 2 unspecified atom stereocenters. The minimum absolute atomic E-state index is 0.0908. The highest BCUT2D eigenvalue weighted by Gasteiger charge is 2.46. The van der Waals surface area contributed by atoms with Gasteiger partial charge in [0.2, 0.25) is 0 Å². The van der Waals surface area contributed by atoms with Gasteiger partial charge in [-0.2, -0.15) is 0 Å². The summed E-state index contributed by atoms with van der Waals surface area (Å²) in [4.78, 5) is 23.2. The standard InChI is InChI=1S/C29H40F2O5/c1-3-5-19-29(30,31)27(33-21-22-13-9-8-10-14-22)18-17-24-23-15-11-6-7-12-16-28(32)35-25(23)20-26(24)36-34-4-2/h6,8-11,13-14,17-18,23-27H,3-5,7,12,15-16,19-21H2,1-2H3/b11-6-,18-17+/t23?,24-,25?,26-,27-/m1/s1. The molecular formula is C29H40F2O5. The maximum Gasteiger partial charge on any atom is 0.306 e. The fraction of sp³-hybridized carbons (Fsp3) is 0.621. The minimum Gasteiger partial charge on any atom is -0.462 e. The zero-order valence-electron chi connectivity index (χ0n) is 21.5. The van der Waals surface area contributed by atoms with E-state index >= 15 is 8.78 Å². The number of ether oxygens (including phenoxy) is 2. The predicted octanol–water partition coefficient (Wildman–Crippen LogP) is 6.97. The van der Waals surface area contributed by atoms with E-state index in [0.29, 0.717) is 38.7 Å². The first-order valence-electron chi connectivity index (χ1n) is 13.3. The van der Waals surface area contributed by atoms with E-state index in [-0.39, 0.29) is 36.9 Å². The zero-order chi connectivity index (χ0) is 25.8. The van der Waals surface area contributed by atoms with Crippen molar-refractivity contribution in [2.75, 3.05) is 6.61 Å². The topological polar surface area (TPSA) is 54.0 Å². The minimum atomic E-state index is -3.02. The molecule has 1 heterocycles. The lowest BCUT2D eigenvalue weighted by Gasteiger charge is -2.27. The Hall–Kier alpha value is -2.09. The average Bonchev–Trinajstić information content (AvgIpc) is 3.19. The van der Waals surface area contributed by atoms with Crippen molar-refractivity contribution < 1.29 is 32.8 Å². The van der Waals surface area contributed by atoms with Crippen LogP contribution in [0.3, 0.4) is 0 Å². The van der Waals surface area contributed by atoms with Crippen LogP contribution in [0.2, 0.25) is 0 Å². The van der Waals surface area contributed by atoms with E-state index in [0.717, 1.165) is 18.4 Å². The Kier molecular flexibility index (Phi) is 11.5. The summed E-state index contributed by atoms with van der Waals surface area (Å²) in [5.74, 6) is -3.60. The van der Waals surface area contributed by atoms with Gasteiger partial charge in [-0.25, -0.2) is 18.6 Å². The number of benzene rings is 1. The molecule has 0 radical (unpaired) electrons. The first kappa shape index (κ1) is 28.5. The number of allylic oxidation sites excluding steroid dienone is 2. The molecule has 36 heavy (non-hydrogen) atoms. The van der Waals surface area contributed by atoms with Crippen molar-refractivity contribution in [2.45, 2.75) is 96.1 Å². The van der Waals surface area contributed by atoms with Crippen LogP contribution in [0.25, 0.3) is 0 Å². The zero-order valence-corrected chi connectivity index (χ0v) is 21.5. The second-order valence-electron chi connectivity index (χ2n) is 9.61. The van der Waals surface area contributed by atoms with Gasteiger partial charge in [0.25, 0.3) is 5.92 Å². The predicted molar refractivity (Wildman–Crippen MR) is 134 cm³/mol. The van der Waals surface area contributed by atoms with E-state index in [2.05, 4.69) is 12.2 Å². The Labute approximate surface area is 213 Å². The molecule has 0 spiro atoms. The Morgan fingerprint density at radius 2 is 2.00 bits per heavy atom. The molecule has 1 fully saturated rings. The van der Waals surface area contributed by atoms with Crippen LogP contribution in [0.4, 0.5) is 8.78 Å². The number of fused-ring (bicyclic) bond motifs is 1. The van der Waals surface area contributed by atoms with E-state index < -0.39 is 18.1 Å². The van der Waals surface area contributed by atoms with Gasteiger partial charge in [-0.05, 0) is 38.2 Å². The highest BCUT2D eigenvalue weighted by Crippen LogP contribution is 2.41. The lowest BCUT2D eigenvalue weighted by Crippen LogP contribution is -2.35. The van der Waals surface area contributed by atoms with Crippen LogP contribution in [-0.4, -0.2) is 36.8 Å². The van der Waals surface area contributed by atoms with Gasteiger partial charge < -0.3 is 9.47 Å². The third-order valence-corrected chi connectivity index (χ3v) is 6.85. The number of carbonyl (C=O) groups excluding carboxylic acids is 1. The number of hydrogen-bond acceptors (Lipinski definition) is 5. The summed E-state index contributed by atoms with van der Waals surface area (Å²) in [7, 11) is 0. The van der Waals surface area contributed by atoms with E-state index in [4.69, 9.17) is 19.2 Å². The molecule has 5 atom stereocenters. The van der Waals surface area contributed by atoms with Crippen molar-refractivity contribution in [2.24, 2.45) is 11.8 Å². The summed E-state index contributed by atoms with van der Waals surface area (Å²) in [5, 5.41) is 0. The van der Waals surface area contributed by atoms with Gasteiger partial charge in [-0.15, -0.1) is 0 Å². The van der Waals surface area contributed by atoms with E-state index in [1.54, 1.807) is 6.08 Å². The molecule has 1 aromatic rings.